The van der Waals surface area contributed by atoms with Crippen molar-refractivity contribution >= 4 is 17.2 Å². The molecule has 1 aromatic heterocycles. The number of nitrogens with one attached hydrogen (secondary N) is 1. The summed E-state index contributed by atoms with van der Waals surface area (Å²) in [7, 11) is 0. The number of rotatable bonds is 2. The van der Waals surface area contributed by atoms with Crippen molar-refractivity contribution in [2.75, 3.05) is 0 Å². The zero-order valence-electron chi connectivity index (χ0n) is 5.70. The van der Waals surface area contributed by atoms with E-state index in [4.69, 9.17) is 5.26 Å². The van der Waals surface area contributed by atoms with E-state index in [1.807, 2.05) is 16.8 Å². The minimum Gasteiger partial charge on any atom is -0.274 e. The Labute approximate surface area is 68.3 Å². The van der Waals surface area contributed by atoms with Gasteiger partial charge in [-0.25, -0.2) is 0 Å². The van der Waals surface area contributed by atoms with Gasteiger partial charge in [-0.3, -0.25) is 10.1 Å². The third-order valence-corrected chi connectivity index (χ3v) is 1.87. The second-order valence-corrected chi connectivity index (χ2v) is 2.75. The van der Waals surface area contributed by atoms with Gasteiger partial charge in [-0.05, 0) is 22.4 Å². The summed E-state index contributed by atoms with van der Waals surface area (Å²) in [5.41, 5.74) is 0.947. The first-order valence-electron chi connectivity index (χ1n) is 3.02. The van der Waals surface area contributed by atoms with Crippen LogP contribution in [0.15, 0.2) is 16.8 Å². The molecule has 3 nitrogen and oxygen atoms in total. The van der Waals surface area contributed by atoms with Crippen LogP contribution in [0.5, 0.6) is 0 Å². The number of hydrogen-bond acceptors (Lipinski definition) is 3. The third-order valence-electron chi connectivity index (χ3n) is 1.14. The lowest BCUT2D eigenvalue weighted by Crippen LogP contribution is -2.18. The number of nitrogens with zero attached hydrogens (tertiary/aromatic N) is 1. The van der Waals surface area contributed by atoms with Gasteiger partial charge in [0, 0.05) is 0 Å². The summed E-state index contributed by atoms with van der Waals surface area (Å²) in [6.45, 7) is 0. The summed E-state index contributed by atoms with van der Waals surface area (Å²) in [4.78, 5) is 10.8. The molecule has 0 unspecified atom stereocenters. The average molecular weight is 166 g/mol. The van der Waals surface area contributed by atoms with Crippen LogP contribution in [-0.4, -0.2) is 5.91 Å². The van der Waals surface area contributed by atoms with Crippen LogP contribution < -0.4 is 5.32 Å². The highest BCUT2D eigenvalue weighted by Gasteiger charge is 2.00. The van der Waals surface area contributed by atoms with Crippen molar-refractivity contribution < 1.29 is 4.79 Å². The Balaban J connectivity index is 2.45. The van der Waals surface area contributed by atoms with Crippen LogP contribution in [0.4, 0.5) is 0 Å². The first kappa shape index (κ1) is 7.76. The number of amides is 1. The van der Waals surface area contributed by atoms with Crippen molar-refractivity contribution in [3.8, 4) is 6.19 Å². The smallest absolute Gasteiger partial charge is 0.237 e. The molecule has 0 saturated heterocycles. The van der Waals surface area contributed by atoms with Crippen LogP contribution in [0.1, 0.15) is 5.56 Å². The molecule has 0 spiro atoms. The van der Waals surface area contributed by atoms with Gasteiger partial charge in [0.05, 0.1) is 6.42 Å². The standard InChI is InChI=1S/C7H6N2OS/c8-5-9-7(10)3-6-1-2-11-4-6/h1-2,4H,3H2,(H,9,10). The molecule has 0 radical (unpaired) electrons. The molecule has 0 aliphatic rings. The lowest BCUT2D eigenvalue weighted by atomic mass is 10.2. The van der Waals surface area contributed by atoms with Crippen LogP contribution >= 0.6 is 11.3 Å². The molecule has 1 N–H and O–H groups in total. The Hall–Kier alpha value is -1.34. The highest BCUT2D eigenvalue weighted by molar-refractivity contribution is 7.07. The molecule has 4 heteroatoms. The van der Waals surface area contributed by atoms with Crippen molar-refractivity contribution in [2.45, 2.75) is 6.42 Å². The van der Waals surface area contributed by atoms with E-state index in [0.717, 1.165) is 5.56 Å². The van der Waals surface area contributed by atoms with Gasteiger partial charge in [0.15, 0.2) is 6.19 Å². The quantitative estimate of drug-likeness (QED) is 0.524. The van der Waals surface area contributed by atoms with E-state index in [9.17, 15) is 4.79 Å². The van der Waals surface area contributed by atoms with Gasteiger partial charge in [-0.15, -0.1) is 0 Å². The van der Waals surface area contributed by atoms with E-state index in [1.54, 1.807) is 6.19 Å². The highest BCUT2D eigenvalue weighted by atomic mass is 32.1. The van der Waals surface area contributed by atoms with E-state index in [2.05, 4.69) is 5.32 Å². The number of hydrogen-bond donors (Lipinski definition) is 1. The molecule has 0 fully saturated rings. The molecule has 0 aliphatic carbocycles. The Bertz CT molecular complexity index is 273. The first-order chi connectivity index (χ1) is 5.33. The zero-order valence-corrected chi connectivity index (χ0v) is 6.52. The normalized spacial score (nSPS) is 8.64. The Morgan fingerprint density at radius 3 is 3.18 bits per heavy atom. The van der Waals surface area contributed by atoms with E-state index < -0.39 is 0 Å². The number of thiophene rings is 1. The predicted molar refractivity (Wildman–Crippen MR) is 41.8 cm³/mol. The largest absolute Gasteiger partial charge is 0.274 e. The van der Waals surface area contributed by atoms with Crippen LogP contribution in [0.25, 0.3) is 0 Å². The summed E-state index contributed by atoms with van der Waals surface area (Å²) < 4.78 is 0. The average Bonchev–Trinajstić information content (AvgIpc) is 2.40. The zero-order chi connectivity index (χ0) is 8.10. The van der Waals surface area contributed by atoms with Crippen LogP contribution in [-0.2, 0) is 11.2 Å². The third kappa shape index (κ3) is 2.40. The maximum absolute atomic E-state index is 10.8. The summed E-state index contributed by atoms with van der Waals surface area (Å²) in [6, 6.07) is 1.86. The van der Waals surface area contributed by atoms with Crippen molar-refractivity contribution in [3.05, 3.63) is 22.4 Å². The molecule has 1 amide bonds. The molecular formula is C7H6N2OS. The molecule has 1 rings (SSSR count). The summed E-state index contributed by atoms with van der Waals surface area (Å²) >= 11 is 1.54. The monoisotopic (exact) mass is 166 g/mol. The van der Waals surface area contributed by atoms with Crippen molar-refractivity contribution in [2.24, 2.45) is 0 Å². The molecule has 1 aromatic rings. The Kier molecular flexibility index (Phi) is 2.64. The number of carbonyl (C=O) groups excluding carboxylic acids is 1. The van der Waals surface area contributed by atoms with Crippen LogP contribution in [0, 0.1) is 11.5 Å². The first-order valence-corrected chi connectivity index (χ1v) is 3.96. The summed E-state index contributed by atoms with van der Waals surface area (Å²) in [5, 5.41) is 13.9. The van der Waals surface area contributed by atoms with Gasteiger partial charge >= 0.3 is 0 Å². The maximum atomic E-state index is 10.8. The van der Waals surface area contributed by atoms with Gasteiger partial charge in [0.25, 0.3) is 0 Å². The van der Waals surface area contributed by atoms with E-state index in [1.165, 1.54) is 11.3 Å². The topological polar surface area (TPSA) is 52.9 Å². The van der Waals surface area contributed by atoms with E-state index in [-0.39, 0.29) is 12.3 Å². The van der Waals surface area contributed by atoms with Crippen molar-refractivity contribution in [1.82, 2.24) is 5.32 Å². The van der Waals surface area contributed by atoms with Gasteiger partial charge < -0.3 is 0 Å². The molecule has 0 bridgehead atoms. The van der Waals surface area contributed by atoms with Gasteiger partial charge in [-0.1, -0.05) is 0 Å². The molecule has 0 aliphatic heterocycles. The summed E-state index contributed by atoms with van der Waals surface area (Å²) in [5.74, 6) is -0.258. The molecule has 0 saturated carbocycles. The molecule has 11 heavy (non-hydrogen) atoms. The van der Waals surface area contributed by atoms with Crippen LogP contribution in [0.2, 0.25) is 0 Å². The minimum absolute atomic E-state index is 0.258. The van der Waals surface area contributed by atoms with Crippen molar-refractivity contribution in [1.29, 1.82) is 5.26 Å². The van der Waals surface area contributed by atoms with Crippen molar-refractivity contribution in [3.63, 3.8) is 0 Å². The number of carbonyl (C=O) groups is 1. The molecule has 56 valence electrons. The summed E-state index contributed by atoms with van der Waals surface area (Å²) in [6.07, 6.45) is 1.87. The van der Waals surface area contributed by atoms with E-state index in [0.29, 0.717) is 0 Å². The van der Waals surface area contributed by atoms with E-state index >= 15 is 0 Å². The molecular weight excluding hydrogens is 160 g/mol. The highest BCUT2D eigenvalue weighted by Crippen LogP contribution is 2.05. The fourth-order valence-electron chi connectivity index (χ4n) is 0.685. The second-order valence-electron chi connectivity index (χ2n) is 1.97. The van der Waals surface area contributed by atoms with Crippen LogP contribution in [0.3, 0.4) is 0 Å². The second kappa shape index (κ2) is 3.74. The SMILES string of the molecule is N#CNC(=O)Cc1ccsc1. The lowest BCUT2D eigenvalue weighted by molar-refractivity contribution is -0.119. The van der Waals surface area contributed by atoms with Gasteiger partial charge in [0.1, 0.15) is 0 Å². The fourth-order valence-corrected chi connectivity index (χ4v) is 1.35. The fraction of sp³-hybridized carbons (Fsp3) is 0.143. The van der Waals surface area contributed by atoms with Gasteiger partial charge in [0.2, 0.25) is 5.91 Å². The Morgan fingerprint density at radius 1 is 1.82 bits per heavy atom. The van der Waals surface area contributed by atoms with Gasteiger partial charge in [-0.2, -0.15) is 16.6 Å². The molecule has 1 heterocycles. The molecule has 0 aromatic carbocycles. The minimum atomic E-state index is -0.258. The predicted octanol–water partition coefficient (Wildman–Crippen LogP) is 0.888. The number of nitriles is 1. The molecule has 0 atom stereocenters. The Morgan fingerprint density at radius 2 is 2.64 bits per heavy atom. The lowest BCUT2D eigenvalue weighted by Gasteiger charge is -1.91. The maximum Gasteiger partial charge on any atom is 0.237 e.